The minimum Gasteiger partial charge on any atom is -0.352 e. The van der Waals surface area contributed by atoms with Crippen molar-refractivity contribution in [3.63, 3.8) is 0 Å². The summed E-state index contributed by atoms with van der Waals surface area (Å²) in [7, 11) is 0. The highest BCUT2D eigenvalue weighted by molar-refractivity contribution is 6.18. The van der Waals surface area contributed by atoms with Gasteiger partial charge >= 0.3 is 0 Å². The molecule has 2 heterocycles. The number of hydrogen-bond acceptors (Lipinski definition) is 2. The van der Waals surface area contributed by atoms with Gasteiger partial charge in [0.25, 0.3) is 0 Å². The quantitative estimate of drug-likeness (QED) is 0.675. The van der Waals surface area contributed by atoms with Crippen LogP contribution in [-0.2, 0) is 0 Å². The molecule has 1 aliphatic heterocycles. The predicted molar refractivity (Wildman–Crippen MR) is 55.3 cm³/mol. The number of pyridine rings is 1. The molecular formula is C10H13ClN2. The first kappa shape index (κ1) is 8.82. The Morgan fingerprint density at radius 2 is 2.46 bits per heavy atom. The van der Waals surface area contributed by atoms with Crippen molar-refractivity contribution in [2.45, 2.75) is 18.9 Å². The molecule has 1 aliphatic rings. The van der Waals surface area contributed by atoms with E-state index >= 15 is 0 Å². The Bertz CT molecular complexity index is 263. The zero-order valence-electron chi connectivity index (χ0n) is 7.49. The van der Waals surface area contributed by atoms with Crippen LogP contribution in [0.3, 0.4) is 0 Å². The van der Waals surface area contributed by atoms with Gasteiger partial charge in [-0.25, -0.2) is 4.98 Å². The summed E-state index contributed by atoms with van der Waals surface area (Å²) >= 11 is 5.88. The maximum Gasteiger partial charge on any atom is 0.128 e. The molecule has 1 saturated heterocycles. The summed E-state index contributed by atoms with van der Waals surface area (Å²) in [6, 6.07) is 6.49. The molecular weight excluding hydrogens is 184 g/mol. The van der Waals surface area contributed by atoms with E-state index in [9.17, 15) is 0 Å². The second-order valence-electron chi connectivity index (χ2n) is 3.33. The van der Waals surface area contributed by atoms with E-state index in [2.05, 4.69) is 9.88 Å². The molecule has 1 atom stereocenters. The lowest BCUT2D eigenvalue weighted by Gasteiger charge is -2.23. The van der Waals surface area contributed by atoms with E-state index in [0.29, 0.717) is 11.9 Å². The van der Waals surface area contributed by atoms with Gasteiger partial charge in [0.15, 0.2) is 0 Å². The molecule has 0 radical (unpaired) electrons. The second kappa shape index (κ2) is 3.97. The number of halogens is 1. The predicted octanol–water partition coefficient (Wildman–Crippen LogP) is 2.29. The lowest BCUT2D eigenvalue weighted by Crippen LogP contribution is -2.30. The van der Waals surface area contributed by atoms with E-state index in [0.717, 1.165) is 12.4 Å². The highest BCUT2D eigenvalue weighted by Gasteiger charge is 2.24. The molecule has 1 unspecified atom stereocenters. The van der Waals surface area contributed by atoms with Gasteiger partial charge in [0, 0.05) is 24.7 Å². The third-order valence-electron chi connectivity index (χ3n) is 2.50. The number of rotatable bonds is 2. The third-order valence-corrected chi connectivity index (χ3v) is 2.86. The van der Waals surface area contributed by atoms with Gasteiger partial charge in [-0.1, -0.05) is 6.07 Å². The maximum atomic E-state index is 5.88. The van der Waals surface area contributed by atoms with Crippen molar-refractivity contribution in [2.24, 2.45) is 0 Å². The molecule has 0 aliphatic carbocycles. The number of hydrogen-bond donors (Lipinski definition) is 0. The zero-order chi connectivity index (χ0) is 9.10. The molecule has 0 amide bonds. The summed E-state index contributed by atoms with van der Waals surface area (Å²) in [6.45, 7) is 1.09. The van der Waals surface area contributed by atoms with Crippen LogP contribution in [0.2, 0.25) is 0 Å². The standard InChI is InChI=1S/C10H13ClN2/c11-8-9-4-3-7-13(9)10-5-1-2-6-12-10/h1-2,5-6,9H,3-4,7-8H2. The van der Waals surface area contributed by atoms with Gasteiger partial charge in [0.1, 0.15) is 5.82 Å². The molecule has 1 aromatic heterocycles. The molecule has 13 heavy (non-hydrogen) atoms. The average molecular weight is 197 g/mol. The normalized spacial score (nSPS) is 22.2. The number of alkyl halides is 1. The fourth-order valence-corrected chi connectivity index (χ4v) is 2.14. The van der Waals surface area contributed by atoms with Gasteiger partial charge in [-0.2, -0.15) is 0 Å². The maximum absolute atomic E-state index is 5.88. The van der Waals surface area contributed by atoms with Gasteiger partial charge in [-0.3, -0.25) is 0 Å². The molecule has 3 heteroatoms. The Morgan fingerprint density at radius 1 is 1.54 bits per heavy atom. The fourth-order valence-electron chi connectivity index (χ4n) is 1.82. The number of aromatic nitrogens is 1. The van der Waals surface area contributed by atoms with Gasteiger partial charge < -0.3 is 4.90 Å². The lowest BCUT2D eigenvalue weighted by molar-refractivity contribution is 0.734. The van der Waals surface area contributed by atoms with Crippen LogP contribution in [-0.4, -0.2) is 23.5 Å². The van der Waals surface area contributed by atoms with Crippen LogP contribution >= 0.6 is 11.6 Å². The van der Waals surface area contributed by atoms with Gasteiger partial charge in [0.05, 0.1) is 0 Å². The second-order valence-corrected chi connectivity index (χ2v) is 3.64. The number of nitrogens with zero attached hydrogens (tertiary/aromatic N) is 2. The molecule has 0 N–H and O–H groups in total. The van der Waals surface area contributed by atoms with Crippen LogP contribution in [0.15, 0.2) is 24.4 Å². The molecule has 2 nitrogen and oxygen atoms in total. The molecule has 0 aromatic carbocycles. The molecule has 0 spiro atoms. The third kappa shape index (κ3) is 1.78. The first-order chi connectivity index (χ1) is 6.42. The molecule has 0 bridgehead atoms. The van der Waals surface area contributed by atoms with Crippen LogP contribution in [0.5, 0.6) is 0 Å². The topological polar surface area (TPSA) is 16.1 Å². The van der Waals surface area contributed by atoms with Crippen molar-refractivity contribution >= 4 is 17.4 Å². The van der Waals surface area contributed by atoms with Crippen LogP contribution < -0.4 is 4.90 Å². The Labute approximate surface area is 83.5 Å². The highest BCUT2D eigenvalue weighted by Crippen LogP contribution is 2.23. The molecule has 1 aromatic rings. The van der Waals surface area contributed by atoms with E-state index in [-0.39, 0.29) is 0 Å². The van der Waals surface area contributed by atoms with Gasteiger partial charge in [-0.15, -0.1) is 11.6 Å². The van der Waals surface area contributed by atoms with E-state index in [4.69, 9.17) is 11.6 Å². The average Bonchev–Trinajstić information content (AvgIpc) is 2.67. The SMILES string of the molecule is ClCC1CCCN1c1ccccn1. The Kier molecular flexibility index (Phi) is 2.69. The summed E-state index contributed by atoms with van der Waals surface area (Å²) in [4.78, 5) is 6.62. The smallest absolute Gasteiger partial charge is 0.128 e. The van der Waals surface area contributed by atoms with Crippen molar-refractivity contribution in [3.8, 4) is 0 Å². The minimum atomic E-state index is 0.483. The Morgan fingerprint density at radius 3 is 3.15 bits per heavy atom. The summed E-state index contributed by atoms with van der Waals surface area (Å²) in [6.07, 6.45) is 4.26. The van der Waals surface area contributed by atoms with Crippen molar-refractivity contribution in [1.82, 2.24) is 4.98 Å². The first-order valence-electron chi connectivity index (χ1n) is 4.65. The van der Waals surface area contributed by atoms with Crippen molar-refractivity contribution in [3.05, 3.63) is 24.4 Å². The minimum absolute atomic E-state index is 0.483. The monoisotopic (exact) mass is 196 g/mol. The van der Waals surface area contributed by atoms with Crippen molar-refractivity contribution < 1.29 is 0 Å². The Hall–Kier alpha value is -0.760. The Balaban J connectivity index is 2.16. The van der Waals surface area contributed by atoms with Crippen LogP contribution in [0.1, 0.15) is 12.8 Å². The largest absolute Gasteiger partial charge is 0.352 e. The van der Waals surface area contributed by atoms with E-state index in [1.807, 2.05) is 24.4 Å². The van der Waals surface area contributed by atoms with E-state index < -0.39 is 0 Å². The molecule has 2 rings (SSSR count). The lowest BCUT2D eigenvalue weighted by atomic mass is 10.2. The summed E-state index contributed by atoms with van der Waals surface area (Å²) in [5.41, 5.74) is 0. The van der Waals surface area contributed by atoms with Crippen molar-refractivity contribution in [2.75, 3.05) is 17.3 Å². The zero-order valence-corrected chi connectivity index (χ0v) is 8.24. The summed E-state index contributed by atoms with van der Waals surface area (Å²) < 4.78 is 0. The first-order valence-corrected chi connectivity index (χ1v) is 5.19. The van der Waals surface area contributed by atoms with Gasteiger partial charge in [0.2, 0.25) is 0 Å². The summed E-state index contributed by atoms with van der Waals surface area (Å²) in [5, 5.41) is 0. The highest BCUT2D eigenvalue weighted by atomic mass is 35.5. The van der Waals surface area contributed by atoms with Crippen molar-refractivity contribution in [1.29, 1.82) is 0 Å². The van der Waals surface area contributed by atoms with Gasteiger partial charge in [-0.05, 0) is 25.0 Å². The van der Waals surface area contributed by atoms with Crippen LogP contribution in [0, 0.1) is 0 Å². The molecule has 0 saturated carbocycles. The molecule has 1 fully saturated rings. The fraction of sp³-hybridized carbons (Fsp3) is 0.500. The van der Waals surface area contributed by atoms with Crippen LogP contribution in [0.25, 0.3) is 0 Å². The van der Waals surface area contributed by atoms with E-state index in [1.165, 1.54) is 12.8 Å². The van der Waals surface area contributed by atoms with E-state index in [1.54, 1.807) is 0 Å². The molecule has 70 valence electrons. The number of anilines is 1. The van der Waals surface area contributed by atoms with Crippen LogP contribution in [0.4, 0.5) is 5.82 Å². The summed E-state index contributed by atoms with van der Waals surface area (Å²) in [5.74, 6) is 1.77.